The van der Waals surface area contributed by atoms with Crippen molar-refractivity contribution in [2.75, 3.05) is 11.2 Å². The summed E-state index contributed by atoms with van der Waals surface area (Å²) < 4.78 is 5.89. The molecule has 0 atom stereocenters. The number of anilines is 1. The molecule has 0 unspecified atom stereocenters. The molecule has 0 spiro atoms. The molecular weight excluding hydrogens is 286 g/mol. The van der Waals surface area contributed by atoms with Crippen LogP contribution in [0.5, 0.6) is 11.5 Å². The molecule has 0 fully saturated rings. The van der Waals surface area contributed by atoms with Crippen LogP contribution in [0.4, 0.5) is 5.69 Å². The van der Waals surface area contributed by atoms with Crippen LogP contribution in [0, 0.1) is 20.8 Å². The number of carbonyl (C=O) groups excluding carboxylic acids is 1. The molecule has 21 heavy (non-hydrogen) atoms. The number of aryl methyl sites for hydroxylation is 3. The predicted molar refractivity (Wildman–Crippen MR) is 86.5 cm³/mol. The lowest BCUT2D eigenvalue weighted by Crippen LogP contribution is -2.12. The number of ether oxygens (including phenoxy) is 1. The largest absolute Gasteiger partial charge is 0.457 e. The molecule has 110 valence electrons. The zero-order valence-electron chi connectivity index (χ0n) is 12.4. The van der Waals surface area contributed by atoms with E-state index in [1.54, 1.807) is 12.1 Å². The summed E-state index contributed by atoms with van der Waals surface area (Å²) in [7, 11) is 0. The SMILES string of the molecule is Cc1cc(C)c(Oc2ccc(NC(=O)CCl)cc2)cc1C. The molecule has 2 aromatic rings. The van der Waals surface area contributed by atoms with E-state index in [4.69, 9.17) is 16.3 Å². The van der Waals surface area contributed by atoms with Gasteiger partial charge in [-0.1, -0.05) is 6.07 Å². The molecule has 0 aliphatic carbocycles. The third-order valence-corrected chi connectivity index (χ3v) is 3.52. The molecule has 1 amide bonds. The third-order valence-electron chi connectivity index (χ3n) is 3.28. The second kappa shape index (κ2) is 6.64. The number of hydrogen-bond donors (Lipinski definition) is 1. The Kier molecular flexibility index (Phi) is 4.86. The van der Waals surface area contributed by atoms with Gasteiger partial charge in [-0.3, -0.25) is 4.79 Å². The van der Waals surface area contributed by atoms with E-state index < -0.39 is 0 Å². The van der Waals surface area contributed by atoms with E-state index in [0.29, 0.717) is 5.69 Å². The number of hydrogen-bond acceptors (Lipinski definition) is 2. The summed E-state index contributed by atoms with van der Waals surface area (Å²) in [5.41, 5.74) is 4.24. The maximum Gasteiger partial charge on any atom is 0.239 e. The van der Waals surface area contributed by atoms with Crippen LogP contribution in [0.3, 0.4) is 0 Å². The molecule has 2 rings (SSSR count). The highest BCUT2D eigenvalue weighted by molar-refractivity contribution is 6.29. The molecule has 3 nitrogen and oxygen atoms in total. The van der Waals surface area contributed by atoms with Gasteiger partial charge in [-0.05, 0) is 67.8 Å². The van der Waals surface area contributed by atoms with Crippen LogP contribution < -0.4 is 10.1 Å². The molecule has 0 radical (unpaired) electrons. The van der Waals surface area contributed by atoms with E-state index in [0.717, 1.165) is 17.1 Å². The van der Waals surface area contributed by atoms with Gasteiger partial charge in [0.05, 0.1) is 0 Å². The molecule has 1 N–H and O–H groups in total. The Balaban J connectivity index is 2.13. The second-order valence-corrected chi connectivity index (χ2v) is 5.28. The summed E-state index contributed by atoms with van der Waals surface area (Å²) in [5, 5.41) is 2.68. The van der Waals surface area contributed by atoms with E-state index in [1.807, 2.05) is 25.1 Å². The third kappa shape index (κ3) is 3.99. The molecule has 0 saturated carbocycles. The predicted octanol–water partition coefficient (Wildman–Crippen LogP) is 4.58. The van der Waals surface area contributed by atoms with Gasteiger partial charge in [-0.2, -0.15) is 0 Å². The highest BCUT2D eigenvalue weighted by Crippen LogP contribution is 2.28. The van der Waals surface area contributed by atoms with Gasteiger partial charge in [0.2, 0.25) is 5.91 Å². The Morgan fingerprint density at radius 1 is 1.05 bits per heavy atom. The first-order valence-corrected chi connectivity index (χ1v) is 7.24. The van der Waals surface area contributed by atoms with Gasteiger partial charge in [0, 0.05) is 5.69 Å². The minimum Gasteiger partial charge on any atom is -0.457 e. The summed E-state index contributed by atoms with van der Waals surface area (Å²) in [6, 6.07) is 11.4. The average molecular weight is 304 g/mol. The zero-order valence-corrected chi connectivity index (χ0v) is 13.1. The Morgan fingerprint density at radius 3 is 2.29 bits per heavy atom. The lowest BCUT2D eigenvalue weighted by molar-refractivity contribution is -0.113. The fourth-order valence-corrected chi connectivity index (χ4v) is 2.04. The lowest BCUT2D eigenvalue weighted by Gasteiger charge is -2.12. The van der Waals surface area contributed by atoms with E-state index in [9.17, 15) is 4.79 Å². The van der Waals surface area contributed by atoms with Gasteiger partial charge < -0.3 is 10.1 Å². The first-order valence-electron chi connectivity index (χ1n) is 6.71. The van der Waals surface area contributed by atoms with Crippen LogP contribution >= 0.6 is 11.6 Å². The molecule has 4 heteroatoms. The molecule has 2 aromatic carbocycles. The van der Waals surface area contributed by atoms with Crippen molar-refractivity contribution < 1.29 is 9.53 Å². The number of carbonyl (C=O) groups is 1. The fraction of sp³-hybridized carbons (Fsp3) is 0.235. The van der Waals surface area contributed by atoms with E-state index in [2.05, 4.69) is 25.2 Å². The lowest BCUT2D eigenvalue weighted by atomic mass is 10.1. The highest BCUT2D eigenvalue weighted by Gasteiger charge is 2.05. The quantitative estimate of drug-likeness (QED) is 0.839. The van der Waals surface area contributed by atoms with Crippen molar-refractivity contribution in [1.82, 2.24) is 0 Å². The molecule has 0 bridgehead atoms. The number of rotatable bonds is 4. The van der Waals surface area contributed by atoms with Crippen LogP contribution in [0.2, 0.25) is 0 Å². The maximum atomic E-state index is 11.2. The van der Waals surface area contributed by atoms with Crippen molar-refractivity contribution in [2.45, 2.75) is 20.8 Å². The monoisotopic (exact) mass is 303 g/mol. The van der Waals surface area contributed by atoms with E-state index in [1.165, 1.54) is 11.1 Å². The first-order chi connectivity index (χ1) is 9.99. The summed E-state index contributed by atoms with van der Waals surface area (Å²) in [6.45, 7) is 6.17. The topological polar surface area (TPSA) is 38.3 Å². The second-order valence-electron chi connectivity index (χ2n) is 5.01. The van der Waals surface area contributed by atoms with Crippen LogP contribution in [-0.4, -0.2) is 11.8 Å². The maximum absolute atomic E-state index is 11.2. The number of nitrogens with one attached hydrogen (secondary N) is 1. The Labute approximate surface area is 129 Å². The average Bonchev–Trinajstić information content (AvgIpc) is 2.46. The summed E-state index contributed by atoms with van der Waals surface area (Å²) >= 11 is 5.45. The van der Waals surface area contributed by atoms with Crippen LogP contribution in [-0.2, 0) is 4.79 Å². The normalized spacial score (nSPS) is 10.3. The number of halogens is 1. The Hall–Kier alpha value is -2.00. The van der Waals surface area contributed by atoms with Gasteiger partial charge in [0.1, 0.15) is 17.4 Å². The number of benzene rings is 2. The Morgan fingerprint density at radius 2 is 1.67 bits per heavy atom. The standard InChI is InChI=1S/C17H18ClNO2/c1-11-8-13(3)16(9-12(11)2)21-15-6-4-14(5-7-15)19-17(20)10-18/h4-9H,10H2,1-3H3,(H,19,20). The summed E-state index contributed by atoms with van der Waals surface area (Å²) in [5.74, 6) is 1.29. The smallest absolute Gasteiger partial charge is 0.239 e. The molecule has 0 heterocycles. The van der Waals surface area contributed by atoms with Gasteiger partial charge in [-0.15, -0.1) is 11.6 Å². The van der Waals surface area contributed by atoms with Crippen molar-refractivity contribution in [3.05, 3.63) is 53.1 Å². The van der Waals surface area contributed by atoms with Gasteiger partial charge in [-0.25, -0.2) is 0 Å². The molecule has 0 saturated heterocycles. The Bertz CT molecular complexity index is 651. The van der Waals surface area contributed by atoms with Crippen molar-refractivity contribution >= 4 is 23.2 Å². The van der Waals surface area contributed by atoms with Crippen molar-refractivity contribution in [3.63, 3.8) is 0 Å². The van der Waals surface area contributed by atoms with Crippen molar-refractivity contribution in [1.29, 1.82) is 0 Å². The van der Waals surface area contributed by atoms with Crippen molar-refractivity contribution in [2.24, 2.45) is 0 Å². The number of amides is 1. The molecule has 0 aliphatic rings. The summed E-state index contributed by atoms with van der Waals surface area (Å²) in [4.78, 5) is 11.2. The van der Waals surface area contributed by atoms with Crippen LogP contribution in [0.25, 0.3) is 0 Å². The minimum atomic E-state index is -0.227. The first kappa shape index (κ1) is 15.4. The zero-order chi connectivity index (χ0) is 15.4. The van der Waals surface area contributed by atoms with Crippen molar-refractivity contribution in [3.8, 4) is 11.5 Å². The number of alkyl halides is 1. The molecule has 0 aromatic heterocycles. The summed E-state index contributed by atoms with van der Waals surface area (Å²) in [6.07, 6.45) is 0. The fourth-order valence-electron chi connectivity index (χ4n) is 1.97. The van der Waals surface area contributed by atoms with Crippen LogP contribution in [0.1, 0.15) is 16.7 Å². The van der Waals surface area contributed by atoms with Crippen LogP contribution in [0.15, 0.2) is 36.4 Å². The molecule has 0 aliphatic heterocycles. The van der Waals surface area contributed by atoms with Gasteiger partial charge in [0.25, 0.3) is 0 Å². The van der Waals surface area contributed by atoms with E-state index in [-0.39, 0.29) is 11.8 Å². The van der Waals surface area contributed by atoms with Gasteiger partial charge >= 0.3 is 0 Å². The molecular formula is C17H18ClNO2. The van der Waals surface area contributed by atoms with Gasteiger partial charge in [0.15, 0.2) is 0 Å². The van der Waals surface area contributed by atoms with E-state index >= 15 is 0 Å². The minimum absolute atomic E-state index is 0.0555. The highest BCUT2D eigenvalue weighted by atomic mass is 35.5.